The Morgan fingerprint density at radius 1 is 1.27 bits per heavy atom. The molecule has 0 atom stereocenters. The number of rotatable bonds is 4. The second-order valence-corrected chi connectivity index (χ2v) is 3.38. The van der Waals surface area contributed by atoms with Gasteiger partial charge < -0.3 is 9.47 Å². The molecule has 0 N–H and O–H groups in total. The number of hydrogen-bond donors (Lipinski definition) is 0. The molecule has 1 aromatic heterocycles. The van der Waals surface area contributed by atoms with Crippen LogP contribution in [-0.4, -0.2) is 54.3 Å². The molecule has 2 heterocycles. The van der Waals surface area contributed by atoms with Crippen LogP contribution in [0.3, 0.4) is 0 Å². The van der Waals surface area contributed by atoms with Crippen LogP contribution >= 0.6 is 0 Å². The Morgan fingerprint density at radius 3 is 2.73 bits per heavy atom. The minimum Gasteiger partial charge on any atom is -0.489 e. The highest BCUT2D eigenvalue weighted by molar-refractivity contribution is 5.09. The van der Waals surface area contributed by atoms with Crippen LogP contribution in [0.4, 0.5) is 0 Å². The molecule has 1 aliphatic heterocycles. The van der Waals surface area contributed by atoms with Crippen molar-refractivity contribution in [2.24, 2.45) is 0 Å². The summed E-state index contributed by atoms with van der Waals surface area (Å²) in [4.78, 5) is 10.1. The molecule has 1 saturated heterocycles. The smallest absolute Gasteiger partial charge is 0.155 e. The van der Waals surface area contributed by atoms with Crippen molar-refractivity contribution in [1.29, 1.82) is 0 Å². The number of hydrogen-bond acceptors (Lipinski definition) is 5. The molecule has 0 radical (unpaired) electrons. The lowest BCUT2D eigenvalue weighted by Crippen LogP contribution is -2.38. The SMILES string of the molecule is c1ncc(OCCN2CCOCC2)cn1. The minimum atomic E-state index is 0.674. The lowest BCUT2D eigenvalue weighted by molar-refractivity contribution is 0.0322. The summed E-state index contributed by atoms with van der Waals surface area (Å²) in [6.07, 6.45) is 4.84. The zero-order chi connectivity index (χ0) is 10.3. The molecule has 0 aliphatic carbocycles. The highest BCUT2D eigenvalue weighted by Crippen LogP contribution is 2.04. The van der Waals surface area contributed by atoms with Crippen molar-refractivity contribution in [3.8, 4) is 5.75 Å². The lowest BCUT2D eigenvalue weighted by Gasteiger charge is -2.26. The first-order valence-corrected chi connectivity index (χ1v) is 5.13. The van der Waals surface area contributed by atoms with Gasteiger partial charge in [-0.15, -0.1) is 0 Å². The molecule has 82 valence electrons. The summed E-state index contributed by atoms with van der Waals surface area (Å²) in [6, 6.07) is 0. The zero-order valence-electron chi connectivity index (χ0n) is 8.63. The van der Waals surface area contributed by atoms with E-state index in [1.807, 2.05) is 0 Å². The lowest BCUT2D eigenvalue weighted by atomic mass is 10.4. The number of ether oxygens (including phenoxy) is 2. The van der Waals surface area contributed by atoms with Gasteiger partial charge in [0.15, 0.2) is 5.75 Å². The summed E-state index contributed by atoms with van der Waals surface area (Å²) < 4.78 is 10.8. The molecule has 0 saturated carbocycles. The molecule has 0 aromatic carbocycles. The fourth-order valence-electron chi connectivity index (χ4n) is 1.48. The van der Waals surface area contributed by atoms with E-state index in [1.54, 1.807) is 12.4 Å². The molecule has 2 rings (SSSR count). The van der Waals surface area contributed by atoms with Crippen molar-refractivity contribution in [3.63, 3.8) is 0 Å². The van der Waals surface area contributed by atoms with Gasteiger partial charge in [-0.3, -0.25) is 4.90 Å². The summed E-state index contributed by atoms with van der Waals surface area (Å²) in [5, 5.41) is 0. The predicted molar refractivity (Wildman–Crippen MR) is 54.8 cm³/mol. The number of nitrogens with zero attached hydrogens (tertiary/aromatic N) is 3. The van der Waals surface area contributed by atoms with Crippen LogP contribution in [0.2, 0.25) is 0 Å². The molecular weight excluding hydrogens is 194 g/mol. The van der Waals surface area contributed by atoms with Gasteiger partial charge >= 0.3 is 0 Å². The van der Waals surface area contributed by atoms with E-state index in [0.29, 0.717) is 6.61 Å². The van der Waals surface area contributed by atoms with Crippen molar-refractivity contribution in [2.75, 3.05) is 39.5 Å². The molecule has 5 heteroatoms. The van der Waals surface area contributed by atoms with Crippen molar-refractivity contribution < 1.29 is 9.47 Å². The summed E-state index contributed by atoms with van der Waals surface area (Å²) in [5.74, 6) is 0.728. The standard InChI is InChI=1S/C10H15N3O2/c1-4-14-5-2-13(1)3-6-15-10-7-11-9-12-8-10/h7-9H,1-6H2. The maximum Gasteiger partial charge on any atom is 0.155 e. The molecule has 15 heavy (non-hydrogen) atoms. The third-order valence-corrected chi connectivity index (χ3v) is 2.32. The van der Waals surface area contributed by atoms with Gasteiger partial charge in [0.25, 0.3) is 0 Å². The van der Waals surface area contributed by atoms with E-state index in [-0.39, 0.29) is 0 Å². The fraction of sp³-hybridized carbons (Fsp3) is 0.600. The number of aromatic nitrogens is 2. The van der Waals surface area contributed by atoms with Crippen LogP contribution in [0, 0.1) is 0 Å². The Balaban J connectivity index is 1.66. The van der Waals surface area contributed by atoms with E-state index in [9.17, 15) is 0 Å². The highest BCUT2D eigenvalue weighted by Gasteiger charge is 2.09. The van der Waals surface area contributed by atoms with Crippen LogP contribution in [0.15, 0.2) is 18.7 Å². The summed E-state index contributed by atoms with van der Waals surface area (Å²) >= 11 is 0. The maximum atomic E-state index is 5.50. The fourth-order valence-corrected chi connectivity index (χ4v) is 1.48. The van der Waals surface area contributed by atoms with Crippen LogP contribution < -0.4 is 4.74 Å². The third-order valence-electron chi connectivity index (χ3n) is 2.32. The van der Waals surface area contributed by atoms with Crippen LogP contribution in [0.5, 0.6) is 5.75 Å². The van der Waals surface area contributed by atoms with E-state index in [2.05, 4.69) is 14.9 Å². The van der Waals surface area contributed by atoms with Crippen molar-refractivity contribution in [1.82, 2.24) is 14.9 Å². The Kier molecular flexibility index (Phi) is 3.87. The summed E-state index contributed by atoms with van der Waals surface area (Å²) in [7, 11) is 0. The number of morpholine rings is 1. The third kappa shape index (κ3) is 3.45. The van der Waals surface area contributed by atoms with E-state index in [0.717, 1.165) is 38.6 Å². The largest absolute Gasteiger partial charge is 0.489 e. The quantitative estimate of drug-likeness (QED) is 0.708. The van der Waals surface area contributed by atoms with Gasteiger partial charge in [0.1, 0.15) is 12.9 Å². The molecule has 0 spiro atoms. The zero-order valence-corrected chi connectivity index (χ0v) is 8.63. The van der Waals surface area contributed by atoms with Gasteiger partial charge in [0.2, 0.25) is 0 Å². The Morgan fingerprint density at radius 2 is 2.00 bits per heavy atom. The van der Waals surface area contributed by atoms with Crippen molar-refractivity contribution in [3.05, 3.63) is 18.7 Å². The molecule has 5 nitrogen and oxygen atoms in total. The highest BCUT2D eigenvalue weighted by atomic mass is 16.5. The van der Waals surface area contributed by atoms with Gasteiger partial charge in [-0.1, -0.05) is 0 Å². The maximum absolute atomic E-state index is 5.50. The van der Waals surface area contributed by atoms with Gasteiger partial charge in [-0.25, -0.2) is 9.97 Å². The molecular formula is C10H15N3O2. The molecule has 0 amide bonds. The average molecular weight is 209 g/mol. The normalized spacial score (nSPS) is 17.6. The van der Waals surface area contributed by atoms with Crippen molar-refractivity contribution in [2.45, 2.75) is 0 Å². The predicted octanol–water partition coefficient (Wildman–Crippen LogP) is 0.188. The van der Waals surface area contributed by atoms with Crippen LogP contribution in [0.25, 0.3) is 0 Å². The van der Waals surface area contributed by atoms with E-state index in [1.165, 1.54) is 6.33 Å². The molecule has 1 fully saturated rings. The van der Waals surface area contributed by atoms with Crippen LogP contribution in [0.1, 0.15) is 0 Å². The van der Waals surface area contributed by atoms with Gasteiger partial charge in [-0.2, -0.15) is 0 Å². The second kappa shape index (κ2) is 5.63. The first-order valence-electron chi connectivity index (χ1n) is 5.13. The Hall–Kier alpha value is -1.20. The Labute approximate surface area is 89.0 Å². The van der Waals surface area contributed by atoms with Gasteiger partial charge in [0, 0.05) is 19.6 Å². The first-order chi connectivity index (χ1) is 7.45. The van der Waals surface area contributed by atoms with Gasteiger partial charge in [-0.05, 0) is 0 Å². The molecule has 1 aliphatic rings. The topological polar surface area (TPSA) is 47.5 Å². The Bertz CT molecular complexity index is 275. The molecule has 1 aromatic rings. The van der Waals surface area contributed by atoms with E-state index in [4.69, 9.17) is 9.47 Å². The molecule has 0 unspecified atom stereocenters. The van der Waals surface area contributed by atoms with Crippen LogP contribution in [-0.2, 0) is 4.74 Å². The average Bonchev–Trinajstić information content (AvgIpc) is 2.32. The second-order valence-electron chi connectivity index (χ2n) is 3.38. The summed E-state index contributed by atoms with van der Waals surface area (Å²) in [6.45, 7) is 5.25. The minimum absolute atomic E-state index is 0.674. The van der Waals surface area contributed by atoms with Crippen molar-refractivity contribution >= 4 is 0 Å². The van der Waals surface area contributed by atoms with E-state index < -0.39 is 0 Å². The first kappa shape index (κ1) is 10.3. The monoisotopic (exact) mass is 209 g/mol. The molecule has 0 bridgehead atoms. The van der Waals surface area contributed by atoms with E-state index >= 15 is 0 Å². The summed E-state index contributed by atoms with van der Waals surface area (Å²) in [5.41, 5.74) is 0. The van der Waals surface area contributed by atoms with Gasteiger partial charge in [0.05, 0.1) is 25.6 Å².